The topological polar surface area (TPSA) is 105 Å². The summed E-state index contributed by atoms with van der Waals surface area (Å²) in [5, 5.41) is 12.3. The Morgan fingerprint density at radius 2 is 1.68 bits per heavy atom. The van der Waals surface area contributed by atoms with Crippen LogP contribution >= 0.6 is 0 Å². The fraction of sp³-hybridized carbons (Fsp3) is 0.250. The van der Waals surface area contributed by atoms with E-state index in [9.17, 15) is 19.5 Å². The first-order valence-electron chi connectivity index (χ1n) is 8.54. The molecule has 0 radical (unpaired) electrons. The molecule has 2 N–H and O–H groups in total. The first-order chi connectivity index (χ1) is 13.4. The number of esters is 1. The second-order valence-electron chi connectivity index (χ2n) is 6.17. The smallest absolute Gasteiger partial charge is 0.417 e. The Kier molecular flexibility index (Phi) is 7.38. The highest BCUT2D eigenvalue weighted by molar-refractivity contribution is 5.89. The monoisotopic (exact) mass is 386 g/mol. The molecule has 0 aliphatic rings. The molecule has 0 bridgehead atoms. The van der Waals surface area contributed by atoms with Crippen LogP contribution in [0.2, 0.25) is 0 Å². The quantitative estimate of drug-likeness (QED) is 0.584. The van der Waals surface area contributed by atoms with Gasteiger partial charge in [0.2, 0.25) is 0 Å². The number of alkyl carbamates (subject to hydrolysis) is 1. The SMILES string of the molecule is CN(C)C(=O)OC(=O)C(Cc1ccccc1O)NC(=O)OCc1ccccc1. The average Bonchev–Trinajstić information content (AvgIpc) is 2.68. The van der Waals surface area contributed by atoms with Crippen molar-refractivity contribution in [3.8, 4) is 5.75 Å². The molecule has 28 heavy (non-hydrogen) atoms. The minimum atomic E-state index is -1.22. The van der Waals surface area contributed by atoms with Crippen LogP contribution in [0.25, 0.3) is 0 Å². The lowest BCUT2D eigenvalue weighted by Gasteiger charge is -2.18. The van der Waals surface area contributed by atoms with Crippen LogP contribution in [-0.2, 0) is 27.3 Å². The molecule has 0 spiro atoms. The number of carbonyl (C=O) groups is 3. The zero-order valence-electron chi connectivity index (χ0n) is 15.6. The maximum absolute atomic E-state index is 12.4. The molecular weight excluding hydrogens is 364 g/mol. The Labute approximate surface area is 162 Å². The Balaban J connectivity index is 2.06. The summed E-state index contributed by atoms with van der Waals surface area (Å²) >= 11 is 0. The molecule has 0 heterocycles. The third-order valence-electron chi connectivity index (χ3n) is 3.76. The van der Waals surface area contributed by atoms with Gasteiger partial charge in [0.15, 0.2) is 0 Å². The minimum Gasteiger partial charge on any atom is -0.508 e. The van der Waals surface area contributed by atoms with Crippen LogP contribution in [0.5, 0.6) is 5.75 Å². The standard InChI is InChI=1S/C20H22N2O6/c1-22(2)20(26)28-18(24)16(12-15-10-6-7-11-17(15)23)21-19(25)27-13-14-8-4-3-5-9-14/h3-11,16,23H,12-13H2,1-2H3,(H,21,25). The lowest BCUT2D eigenvalue weighted by Crippen LogP contribution is -2.45. The molecule has 1 unspecified atom stereocenters. The third-order valence-corrected chi connectivity index (χ3v) is 3.76. The van der Waals surface area contributed by atoms with Crippen LogP contribution in [-0.4, -0.2) is 48.3 Å². The number of aromatic hydroxyl groups is 1. The summed E-state index contributed by atoms with van der Waals surface area (Å²) in [6, 6.07) is 14.2. The highest BCUT2D eigenvalue weighted by atomic mass is 16.6. The van der Waals surface area contributed by atoms with Crippen molar-refractivity contribution in [2.75, 3.05) is 14.1 Å². The number of hydrogen-bond donors (Lipinski definition) is 2. The summed E-state index contributed by atoms with van der Waals surface area (Å²) in [4.78, 5) is 37.2. The van der Waals surface area contributed by atoms with Crippen LogP contribution in [0, 0.1) is 0 Å². The van der Waals surface area contributed by atoms with Gasteiger partial charge in [-0.1, -0.05) is 48.5 Å². The van der Waals surface area contributed by atoms with Crippen molar-refractivity contribution in [2.45, 2.75) is 19.1 Å². The fourth-order valence-corrected chi connectivity index (χ4v) is 2.25. The predicted molar refractivity (Wildman–Crippen MR) is 101 cm³/mol. The molecule has 0 saturated carbocycles. The van der Waals surface area contributed by atoms with Crippen molar-refractivity contribution >= 4 is 18.2 Å². The Hall–Kier alpha value is -3.55. The van der Waals surface area contributed by atoms with Gasteiger partial charge in [0.25, 0.3) is 0 Å². The van der Waals surface area contributed by atoms with Crippen LogP contribution in [0.3, 0.4) is 0 Å². The minimum absolute atomic E-state index is 0.0155. The fourth-order valence-electron chi connectivity index (χ4n) is 2.25. The number of ether oxygens (including phenoxy) is 2. The number of amides is 2. The molecule has 0 aliphatic heterocycles. The maximum Gasteiger partial charge on any atom is 0.417 e. The van der Waals surface area contributed by atoms with Gasteiger partial charge in [-0.25, -0.2) is 14.4 Å². The van der Waals surface area contributed by atoms with E-state index in [1.807, 2.05) is 18.2 Å². The molecule has 8 nitrogen and oxygen atoms in total. The molecular formula is C20H22N2O6. The van der Waals surface area contributed by atoms with Gasteiger partial charge in [-0.05, 0) is 17.2 Å². The highest BCUT2D eigenvalue weighted by Crippen LogP contribution is 2.18. The summed E-state index contributed by atoms with van der Waals surface area (Å²) in [5.74, 6) is -1.00. The van der Waals surface area contributed by atoms with E-state index in [4.69, 9.17) is 9.47 Å². The van der Waals surface area contributed by atoms with Gasteiger partial charge in [-0.15, -0.1) is 0 Å². The van der Waals surface area contributed by atoms with E-state index in [0.717, 1.165) is 10.5 Å². The lowest BCUT2D eigenvalue weighted by molar-refractivity contribution is -0.140. The summed E-state index contributed by atoms with van der Waals surface area (Å²) < 4.78 is 9.86. The van der Waals surface area contributed by atoms with Crippen molar-refractivity contribution in [1.82, 2.24) is 10.2 Å². The Bertz CT molecular complexity index is 822. The predicted octanol–water partition coefficient (Wildman–Crippen LogP) is 2.45. The molecule has 0 aliphatic carbocycles. The summed E-state index contributed by atoms with van der Waals surface area (Å²) in [6.07, 6.45) is -1.79. The van der Waals surface area contributed by atoms with Crippen molar-refractivity contribution in [2.24, 2.45) is 0 Å². The van der Waals surface area contributed by atoms with Gasteiger partial charge >= 0.3 is 18.2 Å². The molecule has 2 rings (SSSR count). The average molecular weight is 386 g/mol. The number of nitrogens with one attached hydrogen (secondary N) is 1. The molecule has 1 atom stereocenters. The van der Waals surface area contributed by atoms with Gasteiger partial charge in [-0.2, -0.15) is 0 Å². The van der Waals surface area contributed by atoms with E-state index in [2.05, 4.69) is 5.32 Å². The van der Waals surface area contributed by atoms with Crippen molar-refractivity contribution in [3.63, 3.8) is 0 Å². The van der Waals surface area contributed by atoms with Crippen LogP contribution in [0.4, 0.5) is 9.59 Å². The molecule has 0 aromatic heterocycles. The summed E-state index contributed by atoms with van der Waals surface area (Å²) in [6.45, 7) is 0.0155. The van der Waals surface area contributed by atoms with Crippen LogP contribution in [0.15, 0.2) is 54.6 Å². The number of phenols is 1. The van der Waals surface area contributed by atoms with E-state index in [1.54, 1.807) is 30.3 Å². The highest BCUT2D eigenvalue weighted by Gasteiger charge is 2.27. The van der Waals surface area contributed by atoms with Crippen molar-refractivity contribution < 1.29 is 29.0 Å². The number of benzene rings is 2. The normalized spacial score (nSPS) is 11.2. The summed E-state index contributed by atoms with van der Waals surface area (Å²) in [7, 11) is 2.85. The number of hydrogen-bond acceptors (Lipinski definition) is 6. The van der Waals surface area contributed by atoms with Gasteiger partial charge in [0.1, 0.15) is 18.4 Å². The molecule has 0 fully saturated rings. The molecule has 8 heteroatoms. The molecule has 2 aromatic carbocycles. The van der Waals surface area contributed by atoms with Gasteiger partial charge in [-0.3, -0.25) is 0 Å². The van der Waals surface area contributed by atoms with Gasteiger partial charge in [0, 0.05) is 20.5 Å². The van der Waals surface area contributed by atoms with Crippen molar-refractivity contribution in [3.05, 3.63) is 65.7 Å². The summed E-state index contributed by atoms with van der Waals surface area (Å²) in [5.41, 5.74) is 1.19. The van der Waals surface area contributed by atoms with E-state index in [1.165, 1.54) is 20.2 Å². The van der Waals surface area contributed by atoms with Crippen LogP contribution < -0.4 is 5.32 Å². The largest absolute Gasteiger partial charge is 0.508 e. The van der Waals surface area contributed by atoms with E-state index >= 15 is 0 Å². The molecule has 0 saturated heterocycles. The first-order valence-corrected chi connectivity index (χ1v) is 8.54. The van der Waals surface area contributed by atoms with Crippen molar-refractivity contribution in [1.29, 1.82) is 0 Å². The maximum atomic E-state index is 12.4. The van der Waals surface area contributed by atoms with Gasteiger partial charge in [0.05, 0.1) is 0 Å². The van der Waals surface area contributed by atoms with Crippen LogP contribution in [0.1, 0.15) is 11.1 Å². The number of carbonyl (C=O) groups excluding carboxylic acids is 3. The Morgan fingerprint density at radius 3 is 2.32 bits per heavy atom. The van der Waals surface area contributed by atoms with E-state index < -0.39 is 24.2 Å². The number of rotatable bonds is 6. The Morgan fingerprint density at radius 1 is 1.04 bits per heavy atom. The van der Waals surface area contributed by atoms with E-state index in [-0.39, 0.29) is 18.8 Å². The zero-order valence-corrected chi connectivity index (χ0v) is 15.6. The second-order valence-corrected chi connectivity index (χ2v) is 6.17. The zero-order chi connectivity index (χ0) is 20.5. The number of phenolic OH excluding ortho intramolecular Hbond substituents is 1. The number of nitrogens with zero attached hydrogens (tertiary/aromatic N) is 1. The third kappa shape index (κ3) is 6.31. The molecule has 2 aromatic rings. The van der Waals surface area contributed by atoms with E-state index in [0.29, 0.717) is 5.56 Å². The van der Waals surface area contributed by atoms with Gasteiger partial charge < -0.3 is 24.8 Å². The molecule has 2 amide bonds. The lowest BCUT2D eigenvalue weighted by atomic mass is 10.1. The number of para-hydroxylation sites is 1. The first kappa shape index (κ1) is 20.8. The molecule has 148 valence electrons. The second kappa shape index (κ2) is 9.96.